The van der Waals surface area contributed by atoms with Gasteiger partial charge in [0.05, 0.1) is 12.7 Å². The Morgan fingerprint density at radius 1 is 1.07 bits per heavy atom. The van der Waals surface area contributed by atoms with E-state index in [2.05, 4.69) is 20.7 Å². The lowest BCUT2D eigenvalue weighted by Crippen LogP contribution is -2.05. The van der Waals surface area contributed by atoms with E-state index in [1.165, 1.54) is 14.0 Å². The standard InChI is InChI=1S/C21H18N4O4/c1-12-18(19(25-29-12)14-7-5-4-6-8-14)21-24-23-20(28-21)16-10-9-15(22-13(2)26)11-17(16)27-3/h4-11H,1-3H3,(H,22,26). The predicted molar refractivity (Wildman–Crippen MR) is 106 cm³/mol. The number of carbonyl (C=O) groups is 1. The third-order valence-corrected chi connectivity index (χ3v) is 4.30. The number of amides is 1. The van der Waals surface area contributed by atoms with Crippen LogP contribution in [0.4, 0.5) is 5.69 Å². The SMILES string of the molecule is COc1cc(NC(C)=O)ccc1-c1nnc(-c2c(-c3ccccc3)noc2C)o1. The normalized spacial score (nSPS) is 10.7. The van der Waals surface area contributed by atoms with Crippen molar-refractivity contribution in [3.05, 3.63) is 54.3 Å². The maximum atomic E-state index is 11.3. The molecule has 0 aliphatic heterocycles. The first-order valence-electron chi connectivity index (χ1n) is 8.88. The fourth-order valence-electron chi connectivity index (χ4n) is 3.00. The summed E-state index contributed by atoms with van der Waals surface area (Å²) in [5, 5.41) is 15.2. The van der Waals surface area contributed by atoms with E-state index in [-0.39, 0.29) is 11.8 Å². The summed E-state index contributed by atoms with van der Waals surface area (Å²) in [5.41, 5.74) is 3.38. The molecule has 29 heavy (non-hydrogen) atoms. The maximum Gasteiger partial charge on any atom is 0.254 e. The fourth-order valence-corrected chi connectivity index (χ4v) is 3.00. The molecule has 1 N–H and O–H groups in total. The largest absolute Gasteiger partial charge is 0.496 e. The number of nitrogens with one attached hydrogen (secondary N) is 1. The molecule has 2 heterocycles. The van der Waals surface area contributed by atoms with Gasteiger partial charge >= 0.3 is 0 Å². The first-order chi connectivity index (χ1) is 14.1. The van der Waals surface area contributed by atoms with Crippen molar-refractivity contribution < 1.29 is 18.5 Å². The molecule has 8 heteroatoms. The summed E-state index contributed by atoms with van der Waals surface area (Å²) in [7, 11) is 1.53. The van der Waals surface area contributed by atoms with Crippen molar-refractivity contribution in [2.45, 2.75) is 13.8 Å². The Hall–Kier alpha value is -3.94. The Kier molecular flexibility index (Phi) is 4.82. The van der Waals surface area contributed by atoms with Crippen LogP contribution in [0.1, 0.15) is 12.7 Å². The summed E-state index contributed by atoms with van der Waals surface area (Å²) in [4.78, 5) is 11.3. The minimum atomic E-state index is -0.170. The van der Waals surface area contributed by atoms with Gasteiger partial charge in [-0.25, -0.2) is 0 Å². The van der Waals surface area contributed by atoms with Crippen molar-refractivity contribution in [3.8, 4) is 39.9 Å². The lowest BCUT2D eigenvalue weighted by molar-refractivity contribution is -0.114. The zero-order valence-corrected chi connectivity index (χ0v) is 16.1. The minimum Gasteiger partial charge on any atom is -0.496 e. The molecule has 0 saturated heterocycles. The highest BCUT2D eigenvalue weighted by molar-refractivity contribution is 5.89. The van der Waals surface area contributed by atoms with Crippen molar-refractivity contribution in [2.75, 3.05) is 12.4 Å². The number of carbonyl (C=O) groups excluding carboxylic acids is 1. The van der Waals surface area contributed by atoms with Crippen LogP contribution in [-0.4, -0.2) is 28.4 Å². The van der Waals surface area contributed by atoms with E-state index in [0.717, 1.165) is 5.56 Å². The van der Waals surface area contributed by atoms with Gasteiger partial charge in [-0.15, -0.1) is 10.2 Å². The van der Waals surface area contributed by atoms with Crippen LogP contribution in [-0.2, 0) is 4.79 Å². The van der Waals surface area contributed by atoms with E-state index in [1.54, 1.807) is 25.1 Å². The molecular weight excluding hydrogens is 372 g/mol. The number of anilines is 1. The number of methoxy groups -OCH3 is 1. The van der Waals surface area contributed by atoms with E-state index in [4.69, 9.17) is 13.7 Å². The molecule has 2 aromatic carbocycles. The summed E-state index contributed by atoms with van der Waals surface area (Å²) in [6, 6.07) is 14.8. The first kappa shape index (κ1) is 18.4. The number of rotatable bonds is 5. The van der Waals surface area contributed by atoms with Crippen LogP contribution >= 0.6 is 0 Å². The van der Waals surface area contributed by atoms with Crippen molar-refractivity contribution >= 4 is 11.6 Å². The Labute approximate surface area is 166 Å². The lowest BCUT2D eigenvalue weighted by Gasteiger charge is -2.08. The van der Waals surface area contributed by atoms with Crippen LogP contribution in [0, 0.1) is 6.92 Å². The van der Waals surface area contributed by atoms with Gasteiger partial charge in [0.25, 0.3) is 11.8 Å². The topological polar surface area (TPSA) is 103 Å². The Balaban J connectivity index is 1.74. The molecule has 0 aliphatic carbocycles. The molecule has 2 aromatic heterocycles. The van der Waals surface area contributed by atoms with Gasteiger partial charge in [0, 0.05) is 24.2 Å². The van der Waals surface area contributed by atoms with E-state index in [9.17, 15) is 4.79 Å². The fraction of sp³-hybridized carbons (Fsp3) is 0.143. The second kappa shape index (κ2) is 7.59. The van der Waals surface area contributed by atoms with Crippen LogP contribution in [0.3, 0.4) is 0 Å². The second-order valence-corrected chi connectivity index (χ2v) is 6.34. The van der Waals surface area contributed by atoms with Gasteiger partial charge in [-0.3, -0.25) is 4.79 Å². The van der Waals surface area contributed by atoms with Gasteiger partial charge in [-0.05, 0) is 19.1 Å². The molecule has 0 radical (unpaired) electrons. The number of benzene rings is 2. The molecule has 0 bridgehead atoms. The van der Waals surface area contributed by atoms with E-state index in [1.807, 2.05) is 30.3 Å². The molecule has 0 saturated carbocycles. The highest BCUT2D eigenvalue weighted by Gasteiger charge is 2.23. The van der Waals surface area contributed by atoms with Crippen LogP contribution < -0.4 is 10.1 Å². The molecule has 4 aromatic rings. The lowest BCUT2D eigenvalue weighted by atomic mass is 10.1. The Morgan fingerprint density at radius 3 is 2.55 bits per heavy atom. The van der Waals surface area contributed by atoms with Crippen molar-refractivity contribution in [2.24, 2.45) is 0 Å². The summed E-state index contributed by atoms with van der Waals surface area (Å²) >= 11 is 0. The summed E-state index contributed by atoms with van der Waals surface area (Å²) in [6.45, 7) is 3.23. The number of aryl methyl sites for hydroxylation is 1. The molecule has 8 nitrogen and oxygen atoms in total. The molecule has 0 atom stereocenters. The van der Waals surface area contributed by atoms with Gasteiger partial charge in [-0.2, -0.15) is 0 Å². The third-order valence-electron chi connectivity index (χ3n) is 4.30. The number of ether oxygens (including phenoxy) is 1. The number of hydrogen-bond donors (Lipinski definition) is 1. The maximum absolute atomic E-state index is 11.3. The van der Waals surface area contributed by atoms with E-state index in [0.29, 0.717) is 39.9 Å². The summed E-state index contributed by atoms with van der Waals surface area (Å²) in [6.07, 6.45) is 0. The molecule has 0 spiro atoms. The second-order valence-electron chi connectivity index (χ2n) is 6.34. The van der Waals surface area contributed by atoms with Crippen LogP contribution in [0.5, 0.6) is 5.75 Å². The molecule has 0 fully saturated rings. The molecule has 146 valence electrons. The van der Waals surface area contributed by atoms with Crippen LogP contribution in [0.2, 0.25) is 0 Å². The molecule has 0 unspecified atom stereocenters. The predicted octanol–water partition coefficient (Wildman–Crippen LogP) is 4.33. The number of hydrogen-bond acceptors (Lipinski definition) is 7. The van der Waals surface area contributed by atoms with Gasteiger partial charge in [0.1, 0.15) is 22.8 Å². The van der Waals surface area contributed by atoms with Crippen LogP contribution in [0.15, 0.2) is 57.5 Å². The molecule has 0 aliphatic rings. The quantitative estimate of drug-likeness (QED) is 0.541. The van der Waals surface area contributed by atoms with Gasteiger partial charge in [0.15, 0.2) is 0 Å². The summed E-state index contributed by atoms with van der Waals surface area (Å²) < 4.78 is 16.7. The summed E-state index contributed by atoms with van der Waals surface area (Å²) in [5.74, 6) is 1.48. The average molecular weight is 390 g/mol. The highest BCUT2D eigenvalue weighted by Crippen LogP contribution is 2.37. The average Bonchev–Trinajstić information content (AvgIpc) is 3.34. The third kappa shape index (κ3) is 3.60. The van der Waals surface area contributed by atoms with Crippen molar-refractivity contribution in [1.29, 1.82) is 0 Å². The van der Waals surface area contributed by atoms with Gasteiger partial charge in [-0.1, -0.05) is 35.5 Å². The molecule has 1 amide bonds. The molecule has 4 rings (SSSR count). The minimum absolute atomic E-state index is 0.170. The van der Waals surface area contributed by atoms with Crippen molar-refractivity contribution in [1.82, 2.24) is 15.4 Å². The number of aromatic nitrogens is 3. The number of nitrogens with zero attached hydrogens (tertiary/aromatic N) is 3. The van der Waals surface area contributed by atoms with Crippen LogP contribution in [0.25, 0.3) is 34.2 Å². The zero-order valence-electron chi connectivity index (χ0n) is 16.1. The zero-order chi connectivity index (χ0) is 20.4. The Morgan fingerprint density at radius 2 is 1.83 bits per heavy atom. The van der Waals surface area contributed by atoms with Gasteiger partial charge < -0.3 is 19.0 Å². The van der Waals surface area contributed by atoms with Crippen molar-refractivity contribution in [3.63, 3.8) is 0 Å². The smallest absolute Gasteiger partial charge is 0.254 e. The highest BCUT2D eigenvalue weighted by atomic mass is 16.5. The molecular formula is C21H18N4O4. The van der Waals surface area contributed by atoms with E-state index < -0.39 is 0 Å². The Bertz CT molecular complexity index is 1160. The first-order valence-corrected chi connectivity index (χ1v) is 8.88. The van der Waals surface area contributed by atoms with E-state index >= 15 is 0 Å². The van der Waals surface area contributed by atoms with Gasteiger partial charge in [0.2, 0.25) is 5.91 Å². The monoisotopic (exact) mass is 390 g/mol.